The zero-order chi connectivity index (χ0) is 16.3. The van der Waals surface area contributed by atoms with Crippen molar-refractivity contribution in [2.24, 2.45) is 0 Å². The lowest BCUT2D eigenvalue weighted by Gasteiger charge is -2.06. The zero-order valence-electron chi connectivity index (χ0n) is 11.6. The van der Waals surface area contributed by atoms with Crippen LogP contribution in [0, 0.1) is 11.3 Å². The van der Waals surface area contributed by atoms with E-state index in [2.05, 4.69) is 5.32 Å². The molecule has 0 saturated heterocycles. The second kappa shape index (κ2) is 6.11. The van der Waals surface area contributed by atoms with Crippen molar-refractivity contribution in [1.82, 2.24) is 10.0 Å². The molecule has 1 amide bonds. The fourth-order valence-corrected chi connectivity index (χ4v) is 1.90. The number of amides is 1. The third-order valence-corrected chi connectivity index (χ3v) is 3.00. The predicted molar refractivity (Wildman–Crippen MR) is 71.7 cm³/mol. The van der Waals surface area contributed by atoms with Crippen LogP contribution in [0.15, 0.2) is 23.0 Å². The van der Waals surface area contributed by atoms with E-state index >= 15 is 0 Å². The van der Waals surface area contributed by atoms with Gasteiger partial charge in [0.15, 0.2) is 11.6 Å². The van der Waals surface area contributed by atoms with E-state index in [0.29, 0.717) is 17.9 Å². The highest BCUT2D eigenvalue weighted by Crippen LogP contribution is 2.11. The van der Waals surface area contributed by atoms with Gasteiger partial charge in [0.1, 0.15) is 0 Å². The van der Waals surface area contributed by atoms with Crippen molar-refractivity contribution in [2.45, 2.75) is 0 Å². The summed E-state index contributed by atoms with van der Waals surface area (Å²) in [5.74, 6) is -0.430. The molecule has 0 aliphatic carbocycles. The predicted octanol–water partition coefficient (Wildman–Crippen LogP) is -0.989. The molecule has 0 saturated carbocycles. The zero-order valence-corrected chi connectivity index (χ0v) is 11.6. The molecule has 0 aliphatic rings. The van der Waals surface area contributed by atoms with Crippen molar-refractivity contribution in [3.8, 4) is 6.07 Å². The van der Waals surface area contributed by atoms with Gasteiger partial charge in [-0.2, -0.15) is 5.26 Å². The van der Waals surface area contributed by atoms with Crippen LogP contribution in [0.1, 0.15) is 16.1 Å². The number of rotatable bonds is 4. The van der Waals surface area contributed by atoms with Crippen LogP contribution >= 0.6 is 0 Å². The maximum absolute atomic E-state index is 11.9. The van der Waals surface area contributed by atoms with Crippen LogP contribution in [0.25, 0.3) is 11.0 Å². The molecule has 0 atom stereocenters. The van der Waals surface area contributed by atoms with Crippen LogP contribution in [0.4, 0.5) is 0 Å². The van der Waals surface area contributed by atoms with E-state index in [0.717, 1.165) is 0 Å². The van der Waals surface area contributed by atoms with Gasteiger partial charge in [-0.25, -0.2) is 0 Å². The van der Waals surface area contributed by atoms with Crippen molar-refractivity contribution in [2.75, 3.05) is 20.3 Å². The Hall–Kier alpha value is -3.12. The highest BCUT2D eigenvalue weighted by Gasteiger charge is 2.25. The first kappa shape index (κ1) is 15.3. The number of carbonyl (C=O) groups excluding carboxylic acids is 1. The van der Waals surface area contributed by atoms with Crippen molar-refractivity contribution >= 4 is 16.9 Å². The van der Waals surface area contributed by atoms with E-state index in [1.807, 2.05) is 0 Å². The summed E-state index contributed by atoms with van der Waals surface area (Å²) in [5, 5.41) is 31.0. The van der Waals surface area contributed by atoms with Crippen LogP contribution in [0.2, 0.25) is 0 Å². The number of carbonyl (C=O) groups is 1. The second-order valence-electron chi connectivity index (χ2n) is 4.34. The average molecular weight is 305 g/mol. The number of benzene rings is 1. The Morgan fingerprint density at radius 3 is 2.91 bits per heavy atom. The van der Waals surface area contributed by atoms with Gasteiger partial charge in [-0.1, -0.05) is 0 Å². The lowest BCUT2D eigenvalue weighted by Crippen LogP contribution is -2.44. The molecule has 9 heteroatoms. The molecular formula is C13H13N4O5+. The monoisotopic (exact) mass is 305 g/mol. The van der Waals surface area contributed by atoms with Gasteiger partial charge in [-0.05, 0) is 12.1 Å². The molecule has 0 bridgehead atoms. The van der Waals surface area contributed by atoms with E-state index < -0.39 is 17.2 Å². The van der Waals surface area contributed by atoms with Crippen molar-refractivity contribution < 1.29 is 24.7 Å². The third kappa shape index (κ3) is 2.55. The molecule has 2 rings (SSSR count). The van der Waals surface area contributed by atoms with Gasteiger partial charge >= 0.3 is 11.3 Å². The van der Waals surface area contributed by atoms with Gasteiger partial charge in [0, 0.05) is 30.0 Å². The SMILES string of the molecule is COCCNC(=O)c1ccc2c(c1)n(O)c(=O)c(C#N)[n+]2O. The van der Waals surface area contributed by atoms with Crippen molar-refractivity contribution in [1.29, 1.82) is 5.26 Å². The van der Waals surface area contributed by atoms with Gasteiger partial charge in [-0.15, -0.1) is 4.73 Å². The van der Waals surface area contributed by atoms with E-state index in [1.54, 1.807) is 0 Å². The molecule has 114 valence electrons. The summed E-state index contributed by atoms with van der Waals surface area (Å²) in [5.41, 5.74) is -1.66. The molecule has 2 aromatic rings. The molecular weight excluding hydrogens is 292 g/mol. The fraction of sp³-hybridized carbons (Fsp3) is 0.231. The Balaban J connectivity index is 2.52. The Bertz CT molecular complexity index is 837. The number of methoxy groups -OCH3 is 1. The normalized spacial score (nSPS) is 10.4. The van der Waals surface area contributed by atoms with Crippen LogP contribution in [-0.2, 0) is 4.74 Å². The largest absolute Gasteiger partial charge is 0.424 e. The summed E-state index contributed by atoms with van der Waals surface area (Å²) in [6, 6.07) is 5.43. The summed E-state index contributed by atoms with van der Waals surface area (Å²) in [7, 11) is 1.50. The summed E-state index contributed by atoms with van der Waals surface area (Å²) in [6.45, 7) is 0.638. The quantitative estimate of drug-likeness (QED) is 0.378. The van der Waals surface area contributed by atoms with Gasteiger partial charge in [0.05, 0.1) is 6.61 Å². The highest BCUT2D eigenvalue weighted by molar-refractivity contribution is 5.96. The Morgan fingerprint density at radius 2 is 2.27 bits per heavy atom. The molecule has 22 heavy (non-hydrogen) atoms. The molecule has 3 N–H and O–H groups in total. The molecule has 9 nitrogen and oxygen atoms in total. The summed E-state index contributed by atoms with van der Waals surface area (Å²) in [4.78, 5) is 23.6. The number of fused-ring (bicyclic) bond motifs is 1. The van der Waals surface area contributed by atoms with E-state index in [4.69, 9.17) is 10.00 Å². The number of ether oxygens (including phenoxy) is 1. The molecule has 0 fully saturated rings. The summed E-state index contributed by atoms with van der Waals surface area (Å²) >= 11 is 0. The average Bonchev–Trinajstić information content (AvgIpc) is 2.53. The second-order valence-corrected chi connectivity index (χ2v) is 4.34. The Kier molecular flexibility index (Phi) is 4.24. The van der Waals surface area contributed by atoms with Crippen LogP contribution in [0.5, 0.6) is 0 Å². The van der Waals surface area contributed by atoms with E-state index in [9.17, 15) is 20.0 Å². The Labute approximate surface area is 124 Å². The molecule has 0 unspecified atom stereocenters. The number of nitriles is 1. The number of nitrogens with one attached hydrogen (secondary N) is 1. The number of hydrogen-bond donors (Lipinski definition) is 3. The van der Waals surface area contributed by atoms with Crippen LogP contribution in [0.3, 0.4) is 0 Å². The highest BCUT2D eigenvalue weighted by atomic mass is 16.5. The minimum Gasteiger partial charge on any atom is -0.424 e. The lowest BCUT2D eigenvalue weighted by atomic mass is 10.1. The lowest BCUT2D eigenvalue weighted by molar-refractivity contribution is -0.887. The van der Waals surface area contributed by atoms with Gasteiger partial charge in [0.25, 0.3) is 11.4 Å². The smallest absolute Gasteiger partial charge is 0.401 e. The third-order valence-electron chi connectivity index (χ3n) is 3.00. The number of aromatic nitrogens is 2. The Morgan fingerprint density at radius 1 is 1.55 bits per heavy atom. The minimum absolute atomic E-state index is 0.00657. The van der Waals surface area contributed by atoms with Crippen LogP contribution in [-0.4, -0.2) is 41.3 Å². The standard InChI is InChI=1S/C13H12N4O5/c1-22-5-4-15-12(18)8-2-3-9-10(6-8)17(21)13(19)11(7-14)16(9)20/h2-3,6,21H,4-5H2,1H3,(H-,15,18,19,20)/p+1. The van der Waals surface area contributed by atoms with Crippen molar-refractivity contribution in [3.05, 3.63) is 39.8 Å². The maximum Gasteiger partial charge on any atom is 0.401 e. The number of hydrogen-bond acceptors (Lipinski definition) is 6. The molecule has 1 aromatic heterocycles. The van der Waals surface area contributed by atoms with E-state index in [-0.39, 0.29) is 21.3 Å². The van der Waals surface area contributed by atoms with Crippen molar-refractivity contribution in [3.63, 3.8) is 0 Å². The molecule has 0 radical (unpaired) electrons. The first-order valence-electron chi connectivity index (χ1n) is 6.21. The fourth-order valence-electron chi connectivity index (χ4n) is 1.90. The van der Waals surface area contributed by atoms with Gasteiger partial charge in [0.2, 0.25) is 0 Å². The maximum atomic E-state index is 11.9. The summed E-state index contributed by atoms with van der Waals surface area (Å²) in [6.07, 6.45) is 0. The minimum atomic E-state index is -1.09. The first-order valence-corrected chi connectivity index (χ1v) is 6.21. The van der Waals surface area contributed by atoms with Gasteiger partial charge in [-0.3, -0.25) is 14.8 Å². The van der Waals surface area contributed by atoms with E-state index in [1.165, 1.54) is 31.4 Å². The van der Waals surface area contributed by atoms with Gasteiger partial charge < -0.3 is 15.3 Å². The summed E-state index contributed by atoms with van der Waals surface area (Å²) < 4.78 is 5.39. The van der Waals surface area contributed by atoms with Crippen LogP contribution < -0.4 is 15.6 Å². The topological polar surface area (TPSA) is 128 Å². The molecule has 0 aliphatic heterocycles. The molecule has 1 aromatic carbocycles. The molecule has 0 spiro atoms. The molecule has 1 heterocycles. The first-order chi connectivity index (χ1) is 10.5. The number of nitrogens with zero attached hydrogens (tertiary/aromatic N) is 3.